The number of hydrogen-bond acceptors (Lipinski definition) is 2. The van der Waals surface area contributed by atoms with E-state index in [2.05, 4.69) is 40.4 Å². The van der Waals surface area contributed by atoms with Crippen molar-refractivity contribution in [2.24, 2.45) is 0 Å². The molecule has 128 valence electrons. The summed E-state index contributed by atoms with van der Waals surface area (Å²) in [5.41, 5.74) is 1.06. The summed E-state index contributed by atoms with van der Waals surface area (Å²) in [6.07, 6.45) is 7.53. The lowest BCUT2D eigenvalue weighted by molar-refractivity contribution is -0.927. The summed E-state index contributed by atoms with van der Waals surface area (Å²) >= 11 is 0. The maximum absolute atomic E-state index is 12.4. The molecule has 0 aromatic carbocycles. The van der Waals surface area contributed by atoms with Gasteiger partial charge in [-0.15, -0.1) is 0 Å². The largest absolute Gasteiger partial charge is 0.345 e. The van der Waals surface area contributed by atoms with Crippen molar-refractivity contribution in [3.8, 4) is 0 Å². The van der Waals surface area contributed by atoms with Crippen LogP contribution in [0.5, 0.6) is 0 Å². The fourth-order valence-corrected chi connectivity index (χ4v) is 3.97. The zero-order valence-electron chi connectivity index (χ0n) is 14.5. The SMILES string of the molecule is CCCCc1[nH]c(CN2CCC3(CC2)C(=O)NCC[NH+]3C)c[nH+]1. The summed E-state index contributed by atoms with van der Waals surface area (Å²) in [5.74, 6) is 1.49. The molecule has 6 nitrogen and oxygen atoms in total. The molecule has 4 N–H and O–H groups in total. The number of carbonyl (C=O) groups is 1. The zero-order valence-corrected chi connectivity index (χ0v) is 14.5. The fraction of sp³-hybridized carbons (Fsp3) is 0.765. The molecular formula is C17H31N5O+2. The predicted molar refractivity (Wildman–Crippen MR) is 88.0 cm³/mol. The molecule has 2 aliphatic rings. The number of aryl methyl sites for hydroxylation is 1. The number of piperazine rings is 1. The second-order valence-electron chi connectivity index (χ2n) is 7.17. The first kappa shape index (κ1) is 16.5. The molecule has 0 saturated carbocycles. The molecule has 1 aromatic rings. The van der Waals surface area contributed by atoms with Crippen molar-refractivity contribution in [1.82, 2.24) is 15.2 Å². The van der Waals surface area contributed by atoms with Gasteiger partial charge in [0.1, 0.15) is 6.20 Å². The van der Waals surface area contributed by atoms with E-state index in [9.17, 15) is 4.79 Å². The number of imidazole rings is 1. The average Bonchev–Trinajstić information content (AvgIpc) is 3.00. The monoisotopic (exact) mass is 321 g/mol. The smallest absolute Gasteiger partial charge is 0.281 e. The molecule has 0 aliphatic carbocycles. The number of piperidine rings is 1. The van der Waals surface area contributed by atoms with Gasteiger partial charge in [-0.25, -0.2) is 9.97 Å². The third-order valence-corrected chi connectivity index (χ3v) is 5.65. The fourth-order valence-electron chi connectivity index (χ4n) is 3.97. The summed E-state index contributed by atoms with van der Waals surface area (Å²) < 4.78 is 0. The second-order valence-corrected chi connectivity index (χ2v) is 7.17. The van der Waals surface area contributed by atoms with Crippen LogP contribution in [0.25, 0.3) is 0 Å². The number of quaternary nitrogens is 1. The number of aromatic nitrogens is 2. The number of aromatic amines is 2. The topological polar surface area (TPSA) is 66.7 Å². The van der Waals surface area contributed by atoms with Gasteiger partial charge in [0.05, 0.1) is 26.7 Å². The summed E-state index contributed by atoms with van der Waals surface area (Å²) in [4.78, 5) is 23.1. The van der Waals surface area contributed by atoms with Crippen molar-refractivity contribution in [1.29, 1.82) is 0 Å². The van der Waals surface area contributed by atoms with Crippen molar-refractivity contribution in [2.45, 2.75) is 51.1 Å². The second kappa shape index (κ2) is 7.01. The lowest BCUT2D eigenvalue weighted by Crippen LogP contribution is -3.22. The van der Waals surface area contributed by atoms with E-state index >= 15 is 0 Å². The van der Waals surface area contributed by atoms with Crippen LogP contribution in [0.15, 0.2) is 6.20 Å². The predicted octanol–water partition coefficient (Wildman–Crippen LogP) is -0.849. The Morgan fingerprint density at radius 1 is 1.39 bits per heavy atom. The molecule has 1 unspecified atom stereocenters. The standard InChI is InChI=1S/C17H29N5O/c1-3-4-5-15-19-12-14(20-15)13-22-9-6-17(7-10-22)16(23)18-8-11-21(17)2/h12H,3-11,13H2,1-2H3,(H,18,23)(H,19,20)/p+2. The Bertz CT molecular complexity index is 533. The molecular weight excluding hydrogens is 290 g/mol. The molecule has 0 radical (unpaired) electrons. The molecule has 1 amide bonds. The minimum absolute atomic E-state index is 0.192. The van der Waals surface area contributed by atoms with E-state index in [1.807, 2.05) is 0 Å². The third-order valence-electron chi connectivity index (χ3n) is 5.65. The first-order chi connectivity index (χ1) is 11.1. The van der Waals surface area contributed by atoms with Crippen molar-refractivity contribution in [3.05, 3.63) is 17.7 Å². The van der Waals surface area contributed by atoms with Crippen LogP contribution in [0.1, 0.15) is 44.1 Å². The summed E-state index contributed by atoms with van der Waals surface area (Å²) in [6.45, 7) is 7.00. The van der Waals surface area contributed by atoms with Gasteiger partial charge in [-0.2, -0.15) is 0 Å². The van der Waals surface area contributed by atoms with E-state index in [4.69, 9.17) is 0 Å². The van der Waals surface area contributed by atoms with Crippen LogP contribution in [-0.4, -0.2) is 54.6 Å². The third kappa shape index (κ3) is 3.43. The number of unbranched alkanes of at least 4 members (excludes halogenated alkanes) is 1. The number of hydrogen-bond donors (Lipinski definition) is 3. The summed E-state index contributed by atoms with van der Waals surface area (Å²) in [5, 5.41) is 3.07. The average molecular weight is 321 g/mol. The number of H-pyrrole nitrogens is 2. The van der Waals surface area contributed by atoms with Gasteiger partial charge in [0.15, 0.2) is 11.2 Å². The number of nitrogens with one attached hydrogen (secondary N) is 4. The highest BCUT2D eigenvalue weighted by atomic mass is 16.2. The molecule has 1 spiro atoms. The molecule has 2 saturated heterocycles. The highest BCUT2D eigenvalue weighted by Crippen LogP contribution is 2.21. The van der Waals surface area contributed by atoms with Gasteiger partial charge in [0.25, 0.3) is 11.7 Å². The van der Waals surface area contributed by atoms with Crippen LogP contribution in [0, 0.1) is 0 Å². The molecule has 1 atom stereocenters. The van der Waals surface area contributed by atoms with Crippen molar-refractivity contribution >= 4 is 5.91 Å². The Labute approximate surface area is 138 Å². The van der Waals surface area contributed by atoms with E-state index < -0.39 is 0 Å². The van der Waals surface area contributed by atoms with Gasteiger partial charge in [-0.1, -0.05) is 13.3 Å². The van der Waals surface area contributed by atoms with E-state index in [0.717, 1.165) is 52.0 Å². The van der Waals surface area contributed by atoms with Gasteiger partial charge < -0.3 is 10.2 Å². The number of amides is 1. The highest BCUT2D eigenvalue weighted by molar-refractivity contribution is 5.85. The van der Waals surface area contributed by atoms with Gasteiger partial charge in [0, 0.05) is 32.4 Å². The molecule has 0 bridgehead atoms. The van der Waals surface area contributed by atoms with Crippen molar-refractivity contribution < 1.29 is 14.7 Å². The highest BCUT2D eigenvalue weighted by Gasteiger charge is 2.50. The first-order valence-electron chi connectivity index (χ1n) is 9.06. The van der Waals surface area contributed by atoms with Crippen LogP contribution >= 0.6 is 0 Å². The van der Waals surface area contributed by atoms with Crippen molar-refractivity contribution in [3.63, 3.8) is 0 Å². The lowest BCUT2D eigenvalue weighted by atomic mass is 9.83. The maximum atomic E-state index is 12.4. The summed E-state index contributed by atoms with van der Waals surface area (Å²) in [7, 11) is 2.17. The molecule has 23 heavy (non-hydrogen) atoms. The quantitative estimate of drug-likeness (QED) is 0.661. The molecule has 6 heteroatoms. The number of carbonyl (C=O) groups excluding carboxylic acids is 1. The lowest BCUT2D eigenvalue weighted by Gasteiger charge is -2.45. The van der Waals surface area contributed by atoms with E-state index in [1.54, 1.807) is 0 Å². The number of likely N-dealkylation sites (N-methyl/N-ethyl adjacent to an activating group) is 1. The van der Waals surface area contributed by atoms with Gasteiger partial charge >= 0.3 is 0 Å². The normalized spacial score (nSPS) is 24.8. The van der Waals surface area contributed by atoms with E-state index in [1.165, 1.54) is 29.3 Å². The number of nitrogens with zero attached hydrogens (tertiary/aromatic N) is 1. The van der Waals surface area contributed by atoms with Crippen LogP contribution in [0.4, 0.5) is 0 Å². The number of rotatable bonds is 5. The van der Waals surface area contributed by atoms with E-state index in [-0.39, 0.29) is 11.4 Å². The minimum atomic E-state index is -0.192. The maximum Gasteiger partial charge on any atom is 0.281 e. The first-order valence-corrected chi connectivity index (χ1v) is 9.06. The van der Waals surface area contributed by atoms with Gasteiger partial charge in [-0.3, -0.25) is 9.69 Å². The summed E-state index contributed by atoms with van der Waals surface area (Å²) in [6, 6.07) is 0. The Kier molecular flexibility index (Phi) is 5.02. The number of likely N-dealkylation sites (tertiary alicyclic amines) is 1. The Morgan fingerprint density at radius 2 is 2.17 bits per heavy atom. The van der Waals surface area contributed by atoms with Crippen molar-refractivity contribution in [2.75, 3.05) is 33.2 Å². The van der Waals surface area contributed by atoms with Crippen LogP contribution < -0.4 is 15.2 Å². The molecule has 3 heterocycles. The molecule has 2 aliphatic heterocycles. The van der Waals surface area contributed by atoms with E-state index in [0.29, 0.717) is 0 Å². The molecule has 1 aromatic heterocycles. The van der Waals surface area contributed by atoms with Crippen LogP contribution in [-0.2, 0) is 17.8 Å². The zero-order chi connectivity index (χ0) is 16.3. The Balaban J connectivity index is 1.54. The van der Waals surface area contributed by atoms with Crippen LogP contribution in [0.3, 0.4) is 0 Å². The Hall–Kier alpha value is -1.40. The molecule has 2 fully saturated rings. The van der Waals surface area contributed by atoms with Gasteiger partial charge in [-0.05, 0) is 6.42 Å². The Morgan fingerprint density at radius 3 is 2.87 bits per heavy atom. The minimum Gasteiger partial charge on any atom is -0.345 e. The van der Waals surface area contributed by atoms with Crippen LogP contribution in [0.2, 0.25) is 0 Å². The molecule has 3 rings (SSSR count). The van der Waals surface area contributed by atoms with Gasteiger partial charge in [0.2, 0.25) is 0 Å².